The number of carbonyl (C=O) groups excluding carboxylic acids is 1. The molecule has 0 unspecified atom stereocenters. The first-order valence-corrected chi connectivity index (χ1v) is 15.3. The van der Waals surface area contributed by atoms with E-state index in [0.717, 1.165) is 12.3 Å². The topological polar surface area (TPSA) is 49.8 Å². The van der Waals surface area contributed by atoms with Gasteiger partial charge in [-0.25, -0.2) is 0 Å². The highest BCUT2D eigenvalue weighted by Crippen LogP contribution is 2.76. The molecule has 0 amide bonds. The van der Waals surface area contributed by atoms with Crippen LogP contribution in [0.3, 0.4) is 0 Å². The lowest BCUT2D eigenvalue weighted by Crippen LogP contribution is -2.69. The average Bonchev–Trinajstić information content (AvgIpc) is 3.23. The first kappa shape index (κ1) is 27.7. The molecule has 4 nitrogen and oxygen atoms in total. The van der Waals surface area contributed by atoms with Gasteiger partial charge in [0.05, 0.1) is 19.8 Å². The Morgan fingerprint density at radius 1 is 0.919 bits per heavy atom. The van der Waals surface area contributed by atoms with Crippen LogP contribution in [0.4, 0.5) is 0 Å². The number of likely N-dealkylation sites (N-methyl/N-ethyl adjacent to an activating group) is 1. The molecular formula is C33H55NO3. The first-order valence-electron chi connectivity index (χ1n) is 15.3. The molecule has 5 fully saturated rings. The van der Waals surface area contributed by atoms with Crippen LogP contribution >= 0.6 is 0 Å². The van der Waals surface area contributed by atoms with Gasteiger partial charge in [0, 0.05) is 5.54 Å². The number of esters is 1. The molecule has 5 saturated carbocycles. The Hall–Kier alpha value is -0.870. The van der Waals surface area contributed by atoms with Gasteiger partial charge in [-0.1, -0.05) is 46.8 Å². The van der Waals surface area contributed by atoms with Crippen molar-refractivity contribution in [3.8, 4) is 0 Å². The van der Waals surface area contributed by atoms with Crippen molar-refractivity contribution in [1.82, 2.24) is 4.90 Å². The summed E-state index contributed by atoms with van der Waals surface area (Å²) < 4.78 is 5.11. The first-order chi connectivity index (χ1) is 17.2. The fourth-order valence-corrected chi connectivity index (χ4v) is 12.2. The molecule has 5 aliphatic rings. The van der Waals surface area contributed by atoms with Gasteiger partial charge < -0.3 is 9.84 Å². The fraction of sp³-hybridized carbons (Fsp3) is 0.909. The molecule has 0 aromatic carbocycles. The lowest BCUT2D eigenvalue weighted by molar-refractivity contribution is -0.248. The molecule has 4 heteroatoms. The van der Waals surface area contributed by atoms with Crippen LogP contribution in [0.2, 0.25) is 0 Å². The van der Waals surface area contributed by atoms with E-state index in [-0.39, 0.29) is 23.0 Å². The maximum Gasteiger partial charge on any atom is 0.319 e. The highest BCUT2D eigenvalue weighted by Gasteiger charge is 2.71. The molecule has 0 aromatic heterocycles. The molecule has 0 radical (unpaired) electrons. The number of allylic oxidation sites excluding steroid dienone is 1. The number of ether oxygens (including phenoxy) is 1. The molecule has 0 spiro atoms. The lowest BCUT2D eigenvalue weighted by atomic mass is 9.32. The third-order valence-corrected chi connectivity index (χ3v) is 14.4. The SMILES string of the molecule is C=C(C)[C@@H]1CC[C@]2(N(C)CC(=O)OC)CC[C@]3(C)[C@H](CC[C@@H]4[C@@]5(C)CC[C@H](O)C(C)(C)[C@@H]5CC[C@]43C)[C@@H]12. The Balaban J connectivity index is 1.53. The number of aliphatic hydroxyl groups excluding tert-OH is 1. The van der Waals surface area contributed by atoms with E-state index in [4.69, 9.17) is 4.74 Å². The van der Waals surface area contributed by atoms with Gasteiger partial charge in [-0.3, -0.25) is 9.69 Å². The monoisotopic (exact) mass is 513 g/mol. The summed E-state index contributed by atoms with van der Waals surface area (Å²) in [4.78, 5) is 14.8. The van der Waals surface area contributed by atoms with Crippen LogP contribution in [-0.2, 0) is 9.53 Å². The number of methoxy groups -OCH3 is 1. The summed E-state index contributed by atoms with van der Waals surface area (Å²) in [6, 6.07) is 0. The number of hydrogen-bond acceptors (Lipinski definition) is 4. The number of rotatable bonds is 4. The molecule has 0 aromatic rings. The molecule has 1 N–H and O–H groups in total. The second-order valence-corrected chi connectivity index (χ2v) is 15.6. The second-order valence-electron chi connectivity index (χ2n) is 15.6. The second kappa shape index (κ2) is 8.82. The summed E-state index contributed by atoms with van der Waals surface area (Å²) in [5, 5.41) is 11.0. The zero-order chi connectivity index (χ0) is 27.2. The predicted molar refractivity (Wildman–Crippen MR) is 150 cm³/mol. The molecule has 5 rings (SSSR count). The highest BCUT2D eigenvalue weighted by molar-refractivity contribution is 5.71. The minimum atomic E-state index is -0.169. The van der Waals surface area contributed by atoms with Crippen molar-refractivity contribution < 1.29 is 14.6 Å². The zero-order valence-corrected chi connectivity index (χ0v) is 25.2. The summed E-state index contributed by atoms with van der Waals surface area (Å²) in [6.07, 6.45) is 11.9. The maximum atomic E-state index is 12.4. The molecule has 0 saturated heterocycles. The van der Waals surface area contributed by atoms with E-state index < -0.39 is 0 Å². The van der Waals surface area contributed by atoms with Crippen molar-refractivity contribution in [2.24, 2.45) is 51.2 Å². The number of fused-ring (bicyclic) bond motifs is 7. The van der Waals surface area contributed by atoms with Gasteiger partial charge in [-0.2, -0.15) is 0 Å². The van der Waals surface area contributed by atoms with Crippen LogP contribution in [-0.4, -0.2) is 48.3 Å². The van der Waals surface area contributed by atoms with Crippen molar-refractivity contribution >= 4 is 5.97 Å². The van der Waals surface area contributed by atoms with Crippen molar-refractivity contribution in [2.45, 2.75) is 117 Å². The van der Waals surface area contributed by atoms with Crippen LogP contribution in [0.1, 0.15) is 106 Å². The Kier molecular flexibility index (Phi) is 6.60. The van der Waals surface area contributed by atoms with Gasteiger partial charge >= 0.3 is 5.97 Å². The number of nitrogens with zero attached hydrogens (tertiary/aromatic N) is 1. The van der Waals surface area contributed by atoms with E-state index in [1.165, 1.54) is 70.5 Å². The molecule has 210 valence electrons. The third-order valence-electron chi connectivity index (χ3n) is 14.4. The zero-order valence-electron chi connectivity index (χ0n) is 25.2. The highest BCUT2D eigenvalue weighted by atomic mass is 16.5. The predicted octanol–water partition coefficient (Wildman–Crippen LogP) is 6.86. The van der Waals surface area contributed by atoms with E-state index in [9.17, 15) is 9.90 Å². The smallest absolute Gasteiger partial charge is 0.319 e. The number of carbonyl (C=O) groups is 1. The standard InChI is InChI=1S/C33H55NO3/c1-21(2)22-12-17-33(34(8)20-27(36)37-9)19-18-31(6)23(28(22)33)10-11-25-30(5)15-14-26(35)29(3,4)24(30)13-16-32(25,31)7/h22-26,28,35H,1,10-20H2,2-9H3/t22-,23+,24-,25+,26-,28+,30-,31+,32+,33-/m0/s1. The molecule has 5 aliphatic carbocycles. The number of hydrogen-bond donors (Lipinski definition) is 1. The molecule has 0 heterocycles. The van der Waals surface area contributed by atoms with Crippen molar-refractivity contribution in [1.29, 1.82) is 0 Å². The van der Waals surface area contributed by atoms with Crippen molar-refractivity contribution in [3.63, 3.8) is 0 Å². The molecule has 0 aliphatic heterocycles. The number of aliphatic hydroxyl groups is 1. The molecular weight excluding hydrogens is 458 g/mol. The largest absolute Gasteiger partial charge is 0.468 e. The van der Waals surface area contributed by atoms with Crippen molar-refractivity contribution in [2.75, 3.05) is 20.7 Å². The summed E-state index contributed by atoms with van der Waals surface area (Å²) in [7, 11) is 3.70. The van der Waals surface area contributed by atoms with Gasteiger partial charge in [0.15, 0.2) is 0 Å². The normalized spacial score (nSPS) is 50.4. The van der Waals surface area contributed by atoms with E-state index in [1.807, 2.05) is 0 Å². The summed E-state index contributed by atoms with van der Waals surface area (Å²) >= 11 is 0. The quantitative estimate of drug-likeness (QED) is 0.329. The van der Waals surface area contributed by atoms with Crippen molar-refractivity contribution in [3.05, 3.63) is 12.2 Å². The Bertz CT molecular complexity index is 944. The minimum absolute atomic E-state index is 0.000893. The molecule has 10 atom stereocenters. The average molecular weight is 514 g/mol. The van der Waals surface area contributed by atoms with Gasteiger partial charge in [0.25, 0.3) is 0 Å². The van der Waals surface area contributed by atoms with E-state index >= 15 is 0 Å². The van der Waals surface area contributed by atoms with E-state index in [1.54, 1.807) is 0 Å². The fourth-order valence-electron chi connectivity index (χ4n) is 12.2. The Labute approximate surface area is 227 Å². The lowest BCUT2D eigenvalue weighted by Gasteiger charge is -2.73. The Morgan fingerprint density at radius 3 is 2.27 bits per heavy atom. The summed E-state index contributed by atoms with van der Waals surface area (Å²) in [5.41, 5.74) is 2.33. The van der Waals surface area contributed by atoms with Crippen LogP contribution in [0, 0.1) is 51.2 Å². The van der Waals surface area contributed by atoms with Crippen LogP contribution in [0.15, 0.2) is 12.2 Å². The van der Waals surface area contributed by atoms with E-state index in [2.05, 4.69) is 60.1 Å². The minimum Gasteiger partial charge on any atom is -0.468 e. The van der Waals surface area contributed by atoms with Gasteiger partial charge in [-0.05, 0) is 129 Å². The van der Waals surface area contributed by atoms with Crippen LogP contribution < -0.4 is 0 Å². The van der Waals surface area contributed by atoms with Gasteiger partial charge in [0.1, 0.15) is 0 Å². The molecule has 0 bridgehead atoms. The third kappa shape index (κ3) is 3.56. The van der Waals surface area contributed by atoms with Gasteiger partial charge in [0.2, 0.25) is 0 Å². The Morgan fingerprint density at radius 2 is 1.62 bits per heavy atom. The van der Waals surface area contributed by atoms with E-state index in [0.29, 0.717) is 46.5 Å². The van der Waals surface area contributed by atoms with Crippen LogP contribution in [0.25, 0.3) is 0 Å². The summed E-state index contributed by atoms with van der Waals surface area (Å²) in [5.74, 6) is 2.97. The summed E-state index contributed by atoms with van der Waals surface area (Å²) in [6.45, 7) is 19.8. The van der Waals surface area contributed by atoms with Gasteiger partial charge in [-0.15, -0.1) is 0 Å². The maximum absolute atomic E-state index is 12.4. The molecule has 37 heavy (non-hydrogen) atoms. The van der Waals surface area contributed by atoms with Crippen LogP contribution in [0.5, 0.6) is 0 Å².